The van der Waals surface area contributed by atoms with Gasteiger partial charge in [0.2, 0.25) is 0 Å². The number of allylic oxidation sites excluding steroid dienone is 6. The molecule has 0 N–H and O–H groups in total. The molecule has 462 valence electrons. The maximum absolute atomic E-state index is 17.4. The maximum atomic E-state index is 17.4. The van der Waals surface area contributed by atoms with E-state index in [2.05, 4.69) is 62.1 Å². The van der Waals surface area contributed by atoms with Gasteiger partial charge in [0.1, 0.15) is 46.9 Å². The first-order valence-corrected chi connectivity index (χ1v) is 38.5. The summed E-state index contributed by atoms with van der Waals surface area (Å²) < 4.78 is 95.4. The van der Waals surface area contributed by atoms with E-state index in [4.69, 9.17) is 18.9 Å². The summed E-state index contributed by atoms with van der Waals surface area (Å²) in [5.74, 6) is 3.28. The van der Waals surface area contributed by atoms with Gasteiger partial charge in [-0.1, -0.05) is 150 Å². The Morgan fingerprint density at radius 2 is 0.774 bits per heavy atom. The number of aryl methyl sites for hydroxylation is 7. The van der Waals surface area contributed by atoms with Crippen LogP contribution in [0.1, 0.15) is 76.3 Å². The number of ether oxygens (including phenoxy) is 4. The van der Waals surface area contributed by atoms with Gasteiger partial charge in [-0.05, 0) is 216 Å². The van der Waals surface area contributed by atoms with Crippen molar-refractivity contribution in [2.24, 2.45) is 0 Å². The quantitative estimate of drug-likeness (QED) is 0.157. The minimum absolute atomic E-state index is 0.312. The van der Waals surface area contributed by atoms with E-state index in [0.717, 1.165) is 77.9 Å². The first-order valence-electron chi connectivity index (χ1n) is 31.7. The molecule has 0 saturated heterocycles. The van der Waals surface area contributed by atoms with Gasteiger partial charge in [0.05, 0.1) is 37.1 Å². The molecule has 0 aromatic heterocycles. The predicted octanol–water partition coefficient (Wildman–Crippen LogP) is 17.4. The lowest BCUT2D eigenvalue weighted by Crippen LogP contribution is -2.31. The molecular formula is C81H70O8P4. The van der Waals surface area contributed by atoms with Gasteiger partial charge < -0.3 is 37.2 Å². The fourth-order valence-corrected chi connectivity index (χ4v) is 26.3. The Kier molecular flexibility index (Phi) is 14.6. The van der Waals surface area contributed by atoms with E-state index in [9.17, 15) is 0 Å². The van der Waals surface area contributed by atoms with Crippen molar-refractivity contribution in [3.05, 3.63) is 279 Å². The highest BCUT2D eigenvalue weighted by Crippen LogP contribution is 2.62. The zero-order valence-corrected chi connectivity index (χ0v) is 57.2. The van der Waals surface area contributed by atoms with Crippen LogP contribution in [0.25, 0.3) is 22.3 Å². The zero-order valence-electron chi connectivity index (χ0n) is 53.6. The number of hydrogen-bond acceptors (Lipinski definition) is 8. The third kappa shape index (κ3) is 9.69. The standard InChI is InChI=1S/C81H70O8P4/c1-11-57-43-59(91(83)76-37-49(3)16-29-69(76)87-70-30-17-50(4)38-77(70)91)14-12-13-58-22-23-60(90(82)56(10)35-55(9)47-86-68-28-15-48(2)36-75(68)90)44-66(58)67-46-62(93(85)80-41-53(7)20-33-73(80)89-74-34-21-54(8)42-81(74)93)25-27-64(67)63-26-24-61(45-65(57)63)92(84)78-39-51(5)18-31-71(78)88-72-32-19-52(6)40-79(72)92/h12,14-46,57H,10-11,13,47H2,1-9H3/b14-12-,55-35-,59-43+. The Morgan fingerprint density at radius 3 is 1.23 bits per heavy atom. The average Bonchev–Trinajstić information content (AvgIpc) is 0.740. The zero-order chi connectivity index (χ0) is 64.6. The first-order chi connectivity index (χ1) is 44.7. The van der Waals surface area contributed by atoms with E-state index in [-0.39, 0.29) is 0 Å². The van der Waals surface area contributed by atoms with Crippen LogP contribution in [-0.2, 0) is 24.7 Å². The molecule has 0 spiro atoms. The molecule has 15 rings (SSSR count). The summed E-state index contributed by atoms with van der Waals surface area (Å²) in [6, 6.07) is 59.9. The molecule has 1 aliphatic carbocycles. The summed E-state index contributed by atoms with van der Waals surface area (Å²) in [7, 11) is -15.1. The Balaban J connectivity index is 1.08. The van der Waals surface area contributed by atoms with Crippen LogP contribution >= 0.6 is 28.6 Å². The van der Waals surface area contributed by atoms with Crippen LogP contribution in [0.3, 0.4) is 0 Å². The second-order valence-electron chi connectivity index (χ2n) is 25.9. The molecule has 12 heteroatoms. The summed E-state index contributed by atoms with van der Waals surface area (Å²) in [5, 5.41) is 7.10. The Morgan fingerprint density at radius 1 is 0.398 bits per heavy atom. The summed E-state index contributed by atoms with van der Waals surface area (Å²) in [6.45, 7) is 23.1. The molecule has 0 bridgehead atoms. The van der Waals surface area contributed by atoms with Gasteiger partial charge >= 0.3 is 0 Å². The molecule has 8 nitrogen and oxygen atoms in total. The number of fused-ring (bicyclic) bond motifs is 12. The summed E-state index contributed by atoms with van der Waals surface area (Å²) >= 11 is 0. The van der Waals surface area contributed by atoms with Gasteiger partial charge in [0.25, 0.3) is 0 Å². The highest BCUT2D eigenvalue weighted by molar-refractivity contribution is 7.86. The van der Waals surface area contributed by atoms with E-state index < -0.39 is 34.5 Å². The van der Waals surface area contributed by atoms with E-state index in [1.165, 1.54) is 0 Å². The van der Waals surface area contributed by atoms with Crippen molar-refractivity contribution in [2.45, 2.75) is 81.1 Å². The monoisotopic (exact) mass is 1290 g/mol. The Hall–Kier alpha value is -8.72. The fourth-order valence-electron chi connectivity index (χ4n) is 14.3. The third-order valence-electron chi connectivity index (χ3n) is 19.1. The molecule has 10 aromatic rings. The molecule has 4 aliphatic heterocycles. The normalized spacial score (nSPS) is 19.8. The van der Waals surface area contributed by atoms with E-state index in [0.29, 0.717) is 123 Å². The molecule has 0 radical (unpaired) electrons. The molecule has 0 amide bonds. The lowest BCUT2D eigenvalue weighted by atomic mass is 9.84. The molecule has 4 heterocycles. The highest BCUT2D eigenvalue weighted by atomic mass is 31.2. The SMILES string of the molecule is C=C1/C=C(/C)COc2ccc(C)cc2P1(=O)c1ccc2c(c1)-c1cc(P3(=O)c4cc(C)ccc4Oc4ccc(C)cc43)ccc1-c1ccc(P3(=O)c4cc(C)ccc4Oc4ccc(C)cc43)cc1C(CC)/C=C(P1(=O)c3cc(C)ccc3Oc3ccc(C)cc31)\C=C/C2. The van der Waals surface area contributed by atoms with Crippen LogP contribution in [-0.4, -0.2) is 6.61 Å². The maximum Gasteiger partial charge on any atom is 0.178 e. The van der Waals surface area contributed by atoms with Crippen LogP contribution < -0.4 is 72.0 Å². The highest BCUT2D eigenvalue weighted by Gasteiger charge is 2.45. The van der Waals surface area contributed by atoms with Crippen LogP contribution in [0.2, 0.25) is 0 Å². The second kappa shape index (κ2) is 22.5. The second-order valence-corrected chi connectivity index (χ2v) is 36.8. The molecule has 2 unspecified atom stereocenters. The van der Waals surface area contributed by atoms with Gasteiger partial charge in [-0.15, -0.1) is 0 Å². The third-order valence-corrected chi connectivity index (χ3v) is 31.3. The topological polar surface area (TPSA) is 105 Å². The lowest BCUT2D eigenvalue weighted by molar-refractivity contribution is 0.354. The van der Waals surface area contributed by atoms with Crippen molar-refractivity contribution < 1.29 is 37.2 Å². The van der Waals surface area contributed by atoms with Gasteiger partial charge in [0, 0.05) is 32.5 Å². The number of benzene rings is 10. The smallest absolute Gasteiger partial charge is 0.178 e. The number of rotatable bonds is 5. The Bertz CT molecular complexity index is 5090. The predicted molar refractivity (Wildman–Crippen MR) is 385 cm³/mol. The van der Waals surface area contributed by atoms with Crippen molar-refractivity contribution in [3.8, 4) is 62.5 Å². The van der Waals surface area contributed by atoms with Crippen LogP contribution in [0.4, 0.5) is 0 Å². The molecule has 2 atom stereocenters. The van der Waals surface area contributed by atoms with Crippen molar-refractivity contribution >= 4 is 81.6 Å². The van der Waals surface area contributed by atoms with Crippen molar-refractivity contribution in [1.29, 1.82) is 0 Å². The first kappa shape index (κ1) is 60.5. The molecular weight excluding hydrogens is 1220 g/mol. The van der Waals surface area contributed by atoms with Crippen LogP contribution in [0.5, 0.6) is 40.2 Å². The summed E-state index contributed by atoms with van der Waals surface area (Å²) in [5.41, 5.74) is 12.3. The molecule has 93 heavy (non-hydrogen) atoms. The number of hydrogen-bond donors (Lipinski definition) is 0. The summed E-state index contributed by atoms with van der Waals surface area (Å²) in [4.78, 5) is 0. The fraction of sp³-hybridized carbons (Fsp3) is 0.160. The minimum Gasteiger partial charge on any atom is -0.488 e. The van der Waals surface area contributed by atoms with Gasteiger partial charge in [0.15, 0.2) is 28.6 Å². The minimum atomic E-state index is -3.81. The average molecular weight is 1300 g/mol. The van der Waals surface area contributed by atoms with Crippen molar-refractivity contribution in [3.63, 3.8) is 0 Å². The van der Waals surface area contributed by atoms with Crippen LogP contribution in [0.15, 0.2) is 229 Å². The Labute approximate surface area is 544 Å². The molecule has 0 fully saturated rings. The molecule has 5 aliphatic rings. The van der Waals surface area contributed by atoms with E-state index in [1.807, 2.05) is 213 Å². The van der Waals surface area contributed by atoms with Gasteiger partial charge in [-0.25, -0.2) is 0 Å². The van der Waals surface area contributed by atoms with Gasteiger partial charge in [-0.3, -0.25) is 0 Å². The van der Waals surface area contributed by atoms with E-state index in [1.54, 1.807) is 0 Å². The van der Waals surface area contributed by atoms with Crippen LogP contribution in [0, 0.1) is 48.5 Å². The van der Waals surface area contributed by atoms with Crippen molar-refractivity contribution in [1.82, 2.24) is 0 Å². The summed E-state index contributed by atoms with van der Waals surface area (Å²) in [6.07, 6.45) is 9.14. The molecule has 0 saturated carbocycles. The largest absolute Gasteiger partial charge is 0.488 e. The van der Waals surface area contributed by atoms with Gasteiger partial charge in [-0.2, -0.15) is 0 Å². The van der Waals surface area contributed by atoms with Crippen molar-refractivity contribution in [2.75, 3.05) is 6.61 Å². The lowest BCUT2D eigenvalue weighted by Gasteiger charge is -2.32. The van der Waals surface area contributed by atoms with E-state index >= 15 is 18.3 Å². The molecule has 10 aromatic carbocycles.